The fraction of sp³-hybridized carbons (Fsp3) is 0.214. The summed E-state index contributed by atoms with van der Waals surface area (Å²) in [6, 6.07) is 7.49. The van der Waals surface area contributed by atoms with Crippen molar-refractivity contribution in [1.29, 1.82) is 0 Å². The van der Waals surface area contributed by atoms with E-state index in [1.807, 2.05) is 0 Å². The van der Waals surface area contributed by atoms with E-state index in [0.717, 1.165) is 0 Å². The van der Waals surface area contributed by atoms with E-state index in [-0.39, 0.29) is 6.61 Å². The van der Waals surface area contributed by atoms with Crippen molar-refractivity contribution in [3.05, 3.63) is 52.9 Å². The number of aliphatic hydroxyl groups excluding tert-OH is 1. The first kappa shape index (κ1) is 14.4. The zero-order valence-electron chi connectivity index (χ0n) is 10.8. The van der Waals surface area contributed by atoms with Crippen LogP contribution < -0.4 is 10.1 Å². The number of rotatable bonds is 5. The molecule has 2 rings (SSSR count). The average Bonchev–Trinajstić information content (AvgIpc) is 2.98. The second-order valence-electron chi connectivity index (χ2n) is 4.07. The highest BCUT2D eigenvalue weighted by Gasteiger charge is 2.19. The van der Waals surface area contributed by atoms with Gasteiger partial charge in [-0.2, -0.15) is 0 Å². The van der Waals surface area contributed by atoms with E-state index >= 15 is 0 Å². The van der Waals surface area contributed by atoms with Crippen LogP contribution in [0.5, 0.6) is 5.75 Å². The summed E-state index contributed by atoms with van der Waals surface area (Å²) in [5.74, 6) is 0.477. The fourth-order valence-corrected chi connectivity index (χ4v) is 1.96. The minimum Gasteiger partial charge on any atom is -0.496 e. The van der Waals surface area contributed by atoms with E-state index in [1.165, 1.54) is 19.4 Å². The second kappa shape index (κ2) is 6.45. The number of nitrogens with one attached hydrogen (secondary N) is 1. The van der Waals surface area contributed by atoms with Crippen LogP contribution in [0.25, 0.3) is 0 Å². The van der Waals surface area contributed by atoms with Crippen LogP contribution >= 0.6 is 11.6 Å². The molecule has 0 saturated carbocycles. The zero-order valence-corrected chi connectivity index (χ0v) is 11.6. The molecule has 1 aromatic heterocycles. The van der Waals surface area contributed by atoms with Gasteiger partial charge < -0.3 is 19.6 Å². The Morgan fingerprint density at radius 2 is 2.30 bits per heavy atom. The summed E-state index contributed by atoms with van der Waals surface area (Å²) in [4.78, 5) is 12.2. The quantitative estimate of drug-likeness (QED) is 0.888. The van der Waals surface area contributed by atoms with Crippen LogP contribution in [-0.4, -0.2) is 24.7 Å². The Hall–Kier alpha value is -1.98. The second-order valence-corrected chi connectivity index (χ2v) is 4.51. The van der Waals surface area contributed by atoms with Gasteiger partial charge in [0.1, 0.15) is 17.6 Å². The lowest BCUT2D eigenvalue weighted by atomic mass is 10.1. The summed E-state index contributed by atoms with van der Waals surface area (Å²) >= 11 is 5.88. The summed E-state index contributed by atoms with van der Waals surface area (Å²) in [6.45, 7) is -0.276. The third kappa shape index (κ3) is 3.12. The van der Waals surface area contributed by atoms with E-state index in [0.29, 0.717) is 22.1 Å². The topological polar surface area (TPSA) is 71.7 Å². The number of methoxy groups -OCH3 is 1. The number of furan rings is 1. The standard InChI is InChI=1S/C14H14ClNO4/c1-19-12-5-4-9(15)7-10(12)14(18)16-11(8-17)13-3-2-6-20-13/h2-7,11,17H,8H2,1H3,(H,16,18). The maximum Gasteiger partial charge on any atom is 0.255 e. The van der Waals surface area contributed by atoms with Gasteiger partial charge in [0, 0.05) is 5.02 Å². The van der Waals surface area contributed by atoms with E-state index < -0.39 is 11.9 Å². The van der Waals surface area contributed by atoms with Crippen LogP contribution in [0.1, 0.15) is 22.2 Å². The molecule has 0 fully saturated rings. The summed E-state index contributed by atoms with van der Waals surface area (Å²) in [6.07, 6.45) is 1.48. The van der Waals surface area contributed by atoms with Crippen LogP contribution in [0.2, 0.25) is 5.02 Å². The van der Waals surface area contributed by atoms with E-state index in [9.17, 15) is 9.90 Å². The molecular weight excluding hydrogens is 282 g/mol. The van der Waals surface area contributed by atoms with Gasteiger partial charge in [-0.05, 0) is 30.3 Å². The molecule has 1 heterocycles. The van der Waals surface area contributed by atoms with E-state index in [2.05, 4.69) is 5.32 Å². The average molecular weight is 296 g/mol. The summed E-state index contributed by atoms with van der Waals surface area (Å²) in [5, 5.41) is 12.4. The van der Waals surface area contributed by atoms with Crippen LogP contribution in [0.4, 0.5) is 0 Å². The smallest absolute Gasteiger partial charge is 0.255 e. The number of amides is 1. The molecule has 0 saturated heterocycles. The van der Waals surface area contributed by atoms with Gasteiger partial charge >= 0.3 is 0 Å². The normalized spacial score (nSPS) is 11.9. The molecule has 106 valence electrons. The number of hydrogen-bond acceptors (Lipinski definition) is 4. The van der Waals surface area contributed by atoms with Crippen molar-refractivity contribution in [3.8, 4) is 5.75 Å². The van der Waals surface area contributed by atoms with Gasteiger partial charge in [-0.15, -0.1) is 0 Å². The third-order valence-electron chi connectivity index (χ3n) is 2.78. The van der Waals surface area contributed by atoms with Crippen LogP contribution in [0.3, 0.4) is 0 Å². The van der Waals surface area contributed by atoms with Gasteiger partial charge in [0.2, 0.25) is 0 Å². The molecule has 2 N–H and O–H groups in total. The molecule has 0 aliphatic heterocycles. The van der Waals surface area contributed by atoms with Crippen molar-refractivity contribution < 1.29 is 19.1 Å². The van der Waals surface area contributed by atoms with E-state index in [1.54, 1.807) is 24.3 Å². The Balaban J connectivity index is 2.21. The Labute approximate surface area is 121 Å². The number of aliphatic hydroxyl groups is 1. The van der Waals surface area contributed by atoms with Crippen molar-refractivity contribution >= 4 is 17.5 Å². The summed E-state index contributed by atoms with van der Waals surface area (Å²) < 4.78 is 10.3. The molecular formula is C14H14ClNO4. The van der Waals surface area contributed by atoms with Crippen LogP contribution in [-0.2, 0) is 0 Å². The lowest BCUT2D eigenvalue weighted by molar-refractivity contribution is 0.0904. The lowest BCUT2D eigenvalue weighted by Crippen LogP contribution is -2.30. The Morgan fingerprint density at radius 3 is 2.90 bits per heavy atom. The van der Waals surface area contributed by atoms with Crippen LogP contribution in [0, 0.1) is 0 Å². The molecule has 0 aliphatic rings. The van der Waals surface area contributed by atoms with E-state index in [4.69, 9.17) is 20.8 Å². The number of carbonyl (C=O) groups excluding carboxylic acids is 1. The minimum atomic E-state index is -0.624. The number of benzene rings is 1. The fourth-order valence-electron chi connectivity index (χ4n) is 1.79. The first-order valence-corrected chi connectivity index (χ1v) is 6.32. The number of halogens is 1. The molecule has 6 heteroatoms. The molecule has 0 spiro atoms. The van der Waals surface area contributed by atoms with Crippen molar-refractivity contribution in [2.75, 3.05) is 13.7 Å². The molecule has 5 nitrogen and oxygen atoms in total. The number of ether oxygens (including phenoxy) is 1. The largest absolute Gasteiger partial charge is 0.496 e. The van der Waals surface area contributed by atoms with Crippen molar-refractivity contribution in [2.45, 2.75) is 6.04 Å². The Bertz CT molecular complexity index is 583. The van der Waals surface area contributed by atoms with Gasteiger partial charge in [-0.3, -0.25) is 4.79 Å². The highest BCUT2D eigenvalue weighted by Crippen LogP contribution is 2.23. The minimum absolute atomic E-state index is 0.276. The van der Waals surface area contributed by atoms with Gasteiger partial charge in [-0.25, -0.2) is 0 Å². The van der Waals surface area contributed by atoms with Gasteiger partial charge in [0.05, 0.1) is 25.5 Å². The molecule has 2 aromatic rings. The SMILES string of the molecule is COc1ccc(Cl)cc1C(=O)NC(CO)c1ccco1. The molecule has 1 unspecified atom stereocenters. The molecule has 0 radical (unpaired) electrons. The predicted molar refractivity (Wildman–Crippen MR) is 74.0 cm³/mol. The third-order valence-corrected chi connectivity index (χ3v) is 3.02. The molecule has 20 heavy (non-hydrogen) atoms. The first-order chi connectivity index (χ1) is 9.65. The lowest BCUT2D eigenvalue weighted by Gasteiger charge is -2.15. The first-order valence-electron chi connectivity index (χ1n) is 5.94. The Kier molecular flexibility index (Phi) is 4.65. The molecule has 1 atom stereocenters. The summed E-state index contributed by atoms with van der Waals surface area (Å²) in [5.41, 5.74) is 0.296. The van der Waals surface area contributed by atoms with Crippen LogP contribution in [0.15, 0.2) is 41.0 Å². The molecule has 0 aliphatic carbocycles. The molecule has 1 amide bonds. The monoisotopic (exact) mass is 295 g/mol. The zero-order chi connectivity index (χ0) is 14.5. The van der Waals surface area contributed by atoms with Gasteiger partial charge in [0.25, 0.3) is 5.91 Å². The molecule has 0 bridgehead atoms. The number of carbonyl (C=O) groups is 1. The summed E-state index contributed by atoms with van der Waals surface area (Å²) in [7, 11) is 1.47. The van der Waals surface area contributed by atoms with Gasteiger partial charge in [0.15, 0.2) is 0 Å². The maximum atomic E-state index is 12.2. The maximum absolute atomic E-state index is 12.2. The Morgan fingerprint density at radius 1 is 1.50 bits per heavy atom. The molecule has 1 aromatic carbocycles. The predicted octanol–water partition coefficient (Wildman–Crippen LogP) is 2.41. The highest BCUT2D eigenvalue weighted by molar-refractivity contribution is 6.31. The van der Waals surface area contributed by atoms with Crippen molar-refractivity contribution in [1.82, 2.24) is 5.32 Å². The van der Waals surface area contributed by atoms with Crippen molar-refractivity contribution in [3.63, 3.8) is 0 Å². The van der Waals surface area contributed by atoms with Gasteiger partial charge in [-0.1, -0.05) is 11.6 Å². The van der Waals surface area contributed by atoms with Crippen molar-refractivity contribution in [2.24, 2.45) is 0 Å². The highest BCUT2D eigenvalue weighted by atomic mass is 35.5. The number of hydrogen-bond donors (Lipinski definition) is 2.